The first-order chi connectivity index (χ1) is 15.0. The van der Waals surface area contributed by atoms with Crippen molar-refractivity contribution in [3.05, 3.63) is 0 Å². The van der Waals surface area contributed by atoms with Crippen LogP contribution in [0.2, 0.25) is 0 Å². The smallest absolute Gasteiger partial charge is 0.311 e. The first kappa shape index (κ1) is 30.4. The average Bonchev–Trinajstić information content (AvgIpc) is 2.77. The van der Waals surface area contributed by atoms with Gasteiger partial charge in [0.25, 0.3) is 0 Å². The van der Waals surface area contributed by atoms with Crippen molar-refractivity contribution < 1.29 is 38.5 Å². The summed E-state index contributed by atoms with van der Waals surface area (Å²) in [6.07, 6.45) is 1.32. The van der Waals surface area contributed by atoms with Crippen LogP contribution in [0.15, 0.2) is 0 Å². The molecule has 0 heterocycles. The molecule has 0 spiro atoms. The number of carbonyl (C=O) groups excluding carboxylic acids is 4. The molecule has 1 N–H and O–H groups in total. The van der Waals surface area contributed by atoms with E-state index in [-0.39, 0.29) is 37.3 Å². The zero-order valence-corrected chi connectivity index (χ0v) is 21.1. The van der Waals surface area contributed by atoms with E-state index in [2.05, 4.69) is 0 Å². The van der Waals surface area contributed by atoms with Gasteiger partial charge in [0.1, 0.15) is 25.1 Å². The number of thioether (sulfide) groups is 1. The van der Waals surface area contributed by atoms with Crippen LogP contribution in [0.5, 0.6) is 0 Å². The molecular formula is C23H40O8S. The monoisotopic (exact) mass is 476 g/mol. The number of carbonyl (C=O) groups is 4. The van der Waals surface area contributed by atoms with Gasteiger partial charge in [0, 0.05) is 23.8 Å². The maximum atomic E-state index is 12.0. The lowest BCUT2D eigenvalue weighted by Crippen LogP contribution is -2.31. The Bertz CT molecular complexity index is 605. The first-order valence-corrected chi connectivity index (χ1v) is 12.3. The summed E-state index contributed by atoms with van der Waals surface area (Å²) in [7, 11) is 1.32. The Labute approximate surface area is 196 Å². The molecule has 0 bridgehead atoms. The molecule has 8 nitrogen and oxygen atoms in total. The highest BCUT2D eigenvalue weighted by Gasteiger charge is 2.28. The third-order valence-electron chi connectivity index (χ3n) is 5.27. The SMILES string of the molecule is CCCC(=O)C(C)CC(CSCCC(=O)OCC(O)COC(=O)C(C)(C)CC)C(=O)OC. The van der Waals surface area contributed by atoms with Gasteiger partial charge in [-0.1, -0.05) is 20.8 Å². The molecule has 3 unspecified atom stereocenters. The molecule has 0 amide bonds. The maximum Gasteiger partial charge on any atom is 0.311 e. The van der Waals surface area contributed by atoms with Gasteiger partial charge in [-0.25, -0.2) is 0 Å². The van der Waals surface area contributed by atoms with Crippen molar-refractivity contribution in [3.8, 4) is 0 Å². The Morgan fingerprint density at radius 2 is 1.66 bits per heavy atom. The zero-order valence-electron chi connectivity index (χ0n) is 20.3. The van der Waals surface area contributed by atoms with Crippen LogP contribution in [0, 0.1) is 17.3 Å². The summed E-state index contributed by atoms with van der Waals surface area (Å²) in [6.45, 7) is 8.66. The largest absolute Gasteiger partial charge is 0.469 e. The molecule has 186 valence electrons. The molecule has 0 aromatic carbocycles. The number of rotatable bonds is 17. The second kappa shape index (κ2) is 16.1. The van der Waals surface area contributed by atoms with Gasteiger partial charge in [0.2, 0.25) is 0 Å². The van der Waals surface area contributed by atoms with Gasteiger partial charge in [0.15, 0.2) is 0 Å². The molecule has 0 fully saturated rings. The van der Waals surface area contributed by atoms with E-state index < -0.39 is 29.4 Å². The van der Waals surface area contributed by atoms with Crippen molar-refractivity contribution in [2.24, 2.45) is 17.3 Å². The summed E-state index contributed by atoms with van der Waals surface area (Å²) < 4.78 is 14.9. The first-order valence-electron chi connectivity index (χ1n) is 11.2. The molecule has 0 saturated heterocycles. The highest BCUT2D eigenvalue weighted by atomic mass is 32.2. The topological polar surface area (TPSA) is 116 Å². The molecule has 9 heteroatoms. The van der Waals surface area contributed by atoms with Gasteiger partial charge in [-0.2, -0.15) is 11.8 Å². The van der Waals surface area contributed by atoms with Crippen LogP contribution in [-0.2, 0) is 33.4 Å². The summed E-state index contributed by atoms with van der Waals surface area (Å²) in [5, 5.41) is 9.85. The maximum absolute atomic E-state index is 12.0. The van der Waals surface area contributed by atoms with Crippen molar-refractivity contribution in [2.75, 3.05) is 31.8 Å². The number of ether oxygens (including phenoxy) is 3. The lowest BCUT2D eigenvalue weighted by atomic mass is 9.91. The Morgan fingerprint density at radius 1 is 1.03 bits per heavy atom. The molecule has 0 aromatic heterocycles. The van der Waals surface area contributed by atoms with E-state index in [4.69, 9.17) is 14.2 Å². The van der Waals surface area contributed by atoms with Crippen molar-refractivity contribution in [1.82, 2.24) is 0 Å². The molecule has 0 aliphatic heterocycles. The fourth-order valence-electron chi connectivity index (χ4n) is 2.65. The van der Waals surface area contributed by atoms with Gasteiger partial charge < -0.3 is 19.3 Å². The minimum atomic E-state index is -1.09. The summed E-state index contributed by atoms with van der Waals surface area (Å²) in [5.41, 5.74) is -0.628. The third-order valence-corrected chi connectivity index (χ3v) is 6.40. The van der Waals surface area contributed by atoms with E-state index >= 15 is 0 Å². The third kappa shape index (κ3) is 12.4. The van der Waals surface area contributed by atoms with Crippen LogP contribution in [0.3, 0.4) is 0 Å². The van der Waals surface area contributed by atoms with Crippen LogP contribution in [0.4, 0.5) is 0 Å². The molecule has 0 rings (SSSR count). The molecule has 0 saturated carbocycles. The molecule has 0 aliphatic carbocycles. The van der Waals surface area contributed by atoms with E-state index in [0.717, 1.165) is 6.42 Å². The summed E-state index contributed by atoms with van der Waals surface area (Å²) >= 11 is 1.41. The summed E-state index contributed by atoms with van der Waals surface area (Å²) in [4.78, 5) is 47.8. The second-order valence-corrected chi connectivity index (χ2v) is 9.72. The van der Waals surface area contributed by atoms with Crippen LogP contribution in [0.25, 0.3) is 0 Å². The van der Waals surface area contributed by atoms with Crippen LogP contribution < -0.4 is 0 Å². The van der Waals surface area contributed by atoms with Gasteiger partial charge in [-0.15, -0.1) is 0 Å². The number of methoxy groups -OCH3 is 1. The average molecular weight is 477 g/mol. The Balaban J connectivity index is 4.25. The van der Waals surface area contributed by atoms with Crippen molar-refractivity contribution >= 4 is 35.5 Å². The number of aliphatic hydroxyl groups excluding tert-OH is 1. The van der Waals surface area contributed by atoms with Crippen molar-refractivity contribution in [3.63, 3.8) is 0 Å². The molecule has 0 aromatic rings. The summed E-state index contributed by atoms with van der Waals surface area (Å²) in [5.74, 6) is -0.888. The minimum absolute atomic E-state index is 0.109. The lowest BCUT2D eigenvalue weighted by molar-refractivity contribution is -0.159. The number of ketones is 1. The highest BCUT2D eigenvalue weighted by Crippen LogP contribution is 2.22. The zero-order chi connectivity index (χ0) is 24.7. The number of esters is 3. The predicted molar refractivity (Wildman–Crippen MR) is 123 cm³/mol. The number of hydrogen-bond donors (Lipinski definition) is 1. The van der Waals surface area contributed by atoms with E-state index in [1.807, 2.05) is 20.8 Å². The Morgan fingerprint density at radius 3 is 2.22 bits per heavy atom. The minimum Gasteiger partial charge on any atom is -0.469 e. The fourth-order valence-corrected chi connectivity index (χ4v) is 3.69. The molecule has 32 heavy (non-hydrogen) atoms. The molecule has 0 radical (unpaired) electrons. The Hall–Kier alpha value is -1.61. The summed E-state index contributed by atoms with van der Waals surface area (Å²) in [6, 6.07) is 0. The quantitative estimate of drug-likeness (QED) is 0.192. The van der Waals surface area contributed by atoms with E-state index in [9.17, 15) is 24.3 Å². The van der Waals surface area contributed by atoms with Gasteiger partial charge in [-0.3, -0.25) is 19.2 Å². The van der Waals surface area contributed by atoms with Gasteiger partial charge in [0.05, 0.1) is 24.9 Å². The van der Waals surface area contributed by atoms with Crippen LogP contribution in [0.1, 0.15) is 66.7 Å². The van der Waals surface area contributed by atoms with E-state index in [1.165, 1.54) is 18.9 Å². The molecular weight excluding hydrogens is 436 g/mol. The molecule has 0 aliphatic rings. The standard InChI is InChI=1S/C23H40O8S/c1-7-9-19(25)16(3)12-17(21(27)29-6)15-32-11-10-20(26)30-13-18(24)14-31-22(28)23(4,5)8-2/h16-18,24H,7-15H2,1-6H3. The van der Waals surface area contributed by atoms with Crippen LogP contribution >= 0.6 is 11.8 Å². The second-order valence-electron chi connectivity index (χ2n) is 8.57. The van der Waals surface area contributed by atoms with E-state index in [1.54, 1.807) is 13.8 Å². The Kier molecular flexibility index (Phi) is 15.3. The fraction of sp³-hybridized carbons (Fsp3) is 0.826. The number of hydrogen-bond acceptors (Lipinski definition) is 9. The highest BCUT2D eigenvalue weighted by molar-refractivity contribution is 7.99. The van der Waals surface area contributed by atoms with E-state index in [0.29, 0.717) is 30.8 Å². The van der Waals surface area contributed by atoms with Crippen molar-refractivity contribution in [1.29, 1.82) is 0 Å². The molecule has 3 atom stereocenters. The van der Waals surface area contributed by atoms with Gasteiger partial charge >= 0.3 is 17.9 Å². The van der Waals surface area contributed by atoms with Gasteiger partial charge in [-0.05, 0) is 33.1 Å². The van der Waals surface area contributed by atoms with Crippen LogP contribution in [-0.4, -0.2) is 66.7 Å². The number of Topliss-reactive ketones (excluding diaryl/α,β-unsaturated/α-hetero) is 1. The lowest BCUT2D eigenvalue weighted by Gasteiger charge is -2.21. The number of aliphatic hydroxyl groups is 1. The van der Waals surface area contributed by atoms with Crippen molar-refractivity contribution in [2.45, 2.75) is 72.8 Å². The predicted octanol–water partition coefficient (Wildman–Crippen LogP) is 3.18. The normalized spacial score (nSPS) is 14.2.